The molecule has 6 heteroatoms. The molecule has 4 nitrogen and oxygen atoms in total. The van der Waals surface area contributed by atoms with Crippen molar-refractivity contribution in [3.05, 3.63) is 45.3 Å². The van der Waals surface area contributed by atoms with E-state index in [2.05, 4.69) is 15.9 Å². The Labute approximate surface area is 129 Å². The van der Waals surface area contributed by atoms with Crippen LogP contribution in [0.1, 0.15) is 23.8 Å². The Bertz CT molecular complexity index is 626. The van der Waals surface area contributed by atoms with Crippen LogP contribution in [-0.4, -0.2) is 18.3 Å². The third kappa shape index (κ3) is 2.53. The molecule has 106 valence electrons. The van der Waals surface area contributed by atoms with Crippen LogP contribution < -0.4 is 9.47 Å². The van der Waals surface area contributed by atoms with Crippen LogP contribution in [0.5, 0.6) is 11.5 Å². The fraction of sp³-hybridized carbons (Fsp3) is 0.286. The first-order valence-corrected chi connectivity index (χ1v) is 7.34. The Balaban J connectivity index is 2.01. The molecule has 2 heterocycles. The standard InChI is InChI=1S/C14H12BrClO4/c15-9-2-5-20-13(9)12(17)8-6-10(16)14-11(7-8)18-3-1-4-19-14/h2,5-7,12,17H,1,3-4H2. The molecule has 1 aromatic carbocycles. The zero-order valence-electron chi connectivity index (χ0n) is 10.4. The highest BCUT2D eigenvalue weighted by Crippen LogP contribution is 2.41. The zero-order valence-corrected chi connectivity index (χ0v) is 12.8. The van der Waals surface area contributed by atoms with Crippen molar-refractivity contribution in [1.29, 1.82) is 0 Å². The molecular formula is C14H12BrClO4. The lowest BCUT2D eigenvalue weighted by atomic mass is 10.1. The molecule has 0 fully saturated rings. The van der Waals surface area contributed by atoms with Gasteiger partial charge in [0.1, 0.15) is 6.10 Å². The van der Waals surface area contributed by atoms with Gasteiger partial charge in [-0.1, -0.05) is 11.6 Å². The van der Waals surface area contributed by atoms with E-state index in [4.69, 9.17) is 25.5 Å². The minimum absolute atomic E-state index is 0.418. The topological polar surface area (TPSA) is 51.8 Å². The van der Waals surface area contributed by atoms with E-state index in [-0.39, 0.29) is 0 Å². The maximum Gasteiger partial charge on any atom is 0.179 e. The highest BCUT2D eigenvalue weighted by molar-refractivity contribution is 9.10. The molecule has 1 unspecified atom stereocenters. The van der Waals surface area contributed by atoms with E-state index in [9.17, 15) is 5.11 Å². The predicted molar refractivity (Wildman–Crippen MR) is 77.5 cm³/mol. The Morgan fingerprint density at radius 2 is 2.05 bits per heavy atom. The van der Waals surface area contributed by atoms with Gasteiger partial charge in [0.15, 0.2) is 17.3 Å². The van der Waals surface area contributed by atoms with E-state index < -0.39 is 6.10 Å². The number of furan rings is 1. The largest absolute Gasteiger partial charge is 0.489 e. The van der Waals surface area contributed by atoms with Gasteiger partial charge in [0.2, 0.25) is 0 Å². The first-order chi connectivity index (χ1) is 9.66. The van der Waals surface area contributed by atoms with Crippen LogP contribution in [0, 0.1) is 0 Å². The maximum atomic E-state index is 10.4. The summed E-state index contributed by atoms with van der Waals surface area (Å²) in [6.45, 7) is 1.13. The molecule has 0 radical (unpaired) electrons. The Hall–Kier alpha value is -1.17. The molecule has 0 aliphatic carbocycles. The molecule has 0 spiro atoms. The number of aliphatic hydroxyl groups is 1. The van der Waals surface area contributed by atoms with E-state index in [1.54, 1.807) is 18.2 Å². The van der Waals surface area contributed by atoms with Crippen molar-refractivity contribution in [2.75, 3.05) is 13.2 Å². The van der Waals surface area contributed by atoms with Gasteiger partial charge in [-0.05, 0) is 39.7 Å². The number of benzene rings is 1. The van der Waals surface area contributed by atoms with Crippen LogP contribution in [0.25, 0.3) is 0 Å². The second-order valence-electron chi connectivity index (χ2n) is 4.42. The van der Waals surface area contributed by atoms with Gasteiger partial charge in [-0.2, -0.15) is 0 Å². The van der Waals surface area contributed by atoms with Crippen molar-refractivity contribution >= 4 is 27.5 Å². The van der Waals surface area contributed by atoms with Crippen LogP contribution >= 0.6 is 27.5 Å². The van der Waals surface area contributed by atoms with E-state index in [0.29, 0.717) is 45.5 Å². The second kappa shape index (κ2) is 5.68. The monoisotopic (exact) mass is 358 g/mol. The minimum atomic E-state index is -0.922. The Morgan fingerprint density at radius 3 is 2.80 bits per heavy atom. The van der Waals surface area contributed by atoms with Crippen molar-refractivity contribution in [2.45, 2.75) is 12.5 Å². The third-order valence-corrected chi connectivity index (χ3v) is 3.97. The first-order valence-electron chi connectivity index (χ1n) is 6.17. The van der Waals surface area contributed by atoms with Gasteiger partial charge in [0.25, 0.3) is 0 Å². The smallest absolute Gasteiger partial charge is 0.179 e. The van der Waals surface area contributed by atoms with Crippen LogP contribution in [0.4, 0.5) is 0 Å². The van der Waals surface area contributed by atoms with Crippen LogP contribution in [0.2, 0.25) is 5.02 Å². The minimum Gasteiger partial charge on any atom is -0.489 e. The quantitative estimate of drug-likeness (QED) is 0.882. The number of hydrogen-bond donors (Lipinski definition) is 1. The summed E-state index contributed by atoms with van der Waals surface area (Å²) in [7, 11) is 0. The van der Waals surface area contributed by atoms with Gasteiger partial charge in [-0.25, -0.2) is 0 Å². The first kappa shape index (κ1) is 13.8. The lowest BCUT2D eigenvalue weighted by Crippen LogP contribution is -2.01. The Morgan fingerprint density at radius 1 is 1.25 bits per heavy atom. The van der Waals surface area contributed by atoms with Crippen LogP contribution in [0.3, 0.4) is 0 Å². The molecular weight excluding hydrogens is 348 g/mol. The summed E-state index contributed by atoms with van der Waals surface area (Å²) in [4.78, 5) is 0. The van der Waals surface area contributed by atoms with Gasteiger partial charge in [0, 0.05) is 6.42 Å². The van der Waals surface area contributed by atoms with Gasteiger partial charge >= 0.3 is 0 Å². The maximum absolute atomic E-state index is 10.4. The number of halogens is 2. The third-order valence-electron chi connectivity index (χ3n) is 3.03. The molecule has 1 aliphatic rings. The lowest BCUT2D eigenvalue weighted by Gasteiger charge is -2.14. The highest BCUT2D eigenvalue weighted by Gasteiger charge is 2.22. The number of ether oxygens (including phenoxy) is 2. The molecule has 1 aromatic heterocycles. The number of aliphatic hydroxyl groups excluding tert-OH is 1. The van der Waals surface area contributed by atoms with Crippen molar-refractivity contribution in [3.8, 4) is 11.5 Å². The summed E-state index contributed by atoms with van der Waals surface area (Å²) in [6, 6.07) is 5.12. The predicted octanol–water partition coefficient (Wildman–Crippen LogP) is 3.94. The number of rotatable bonds is 2. The zero-order chi connectivity index (χ0) is 14.1. The normalized spacial score (nSPS) is 15.8. The molecule has 1 atom stereocenters. The summed E-state index contributed by atoms with van der Waals surface area (Å²) < 4.78 is 17.1. The fourth-order valence-corrected chi connectivity index (χ4v) is 2.75. The molecule has 1 N–H and O–H groups in total. The van der Waals surface area contributed by atoms with Crippen molar-refractivity contribution in [2.24, 2.45) is 0 Å². The lowest BCUT2D eigenvalue weighted by molar-refractivity contribution is 0.187. The summed E-state index contributed by atoms with van der Waals surface area (Å²) in [5, 5.41) is 10.8. The molecule has 0 bridgehead atoms. The van der Waals surface area contributed by atoms with Gasteiger partial charge < -0.3 is 19.0 Å². The summed E-state index contributed by atoms with van der Waals surface area (Å²) >= 11 is 9.53. The van der Waals surface area contributed by atoms with Gasteiger partial charge in [0.05, 0.1) is 29.0 Å². The summed E-state index contributed by atoms with van der Waals surface area (Å²) in [6.07, 6.45) is 1.38. The average molecular weight is 360 g/mol. The number of fused-ring (bicyclic) bond motifs is 1. The molecule has 0 saturated heterocycles. The van der Waals surface area contributed by atoms with E-state index in [1.807, 2.05) is 0 Å². The molecule has 1 aliphatic heterocycles. The van der Waals surface area contributed by atoms with Crippen LogP contribution in [-0.2, 0) is 0 Å². The van der Waals surface area contributed by atoms with E-state index in [0.717, 1.165) is 6.42 Å². The molecule has 3 rings (SSSR count). The van der Waals surface area contributed by atoms with Crippen molar-refractivity contribution in [1.82, 2.24) is 0 Å². The van der Waals surface area contributed by atoms with Gasteiger partial charge in [-0.3, -0.25) is 0 Å². The molecule has 20 heavy (non-hydrogen) atoms. The SMILES string of the molecule is OC(c1cc(Cl)c2c(c1)OCCCO2)c1occc1Br. The van der Waals surface area contributed by atoms with Crippen LogP contribution in [0.15, 0.2) is 33.4 Å². The second-order valence-corrected chi connectivity index (χ2v) is 5.68. The van der Waals surface area contributed by atoms with Crippen molar-refractivity contribution in [3.63, 3.8) is 0 Å². The summed E-state index contributed by atoms with van der Waals surface area (Å²) in [5.74, 6) is 1.50. The molecule has 2 aromatic rings. The van der Waals surface area contributed by atoms with E-state index in [1.165, 1.54) is 6.26 Å². The number of hydrogen-bond acceptors (Lipinski definition) is 4. The molecule has 0 amide bonds. The molecule has 0 saturated carbocycles. The highest BCUT2D eigenvalue weighted by atomic mass is 79.9. The van der Waals surface area contributed by atoms with E-state index >= 15 is 0 Å². The van der Waals surface area contributed by atoms with Gasteiger partial charge in [-0.15, -0.1) is 0 Å². The average Bonchev–Trinajstić information content (AvgIpc) is 2.72. The Kier molecular flexibility index (Phi) is 3.92. The summed E-state index contributed by atoms with van der Waals surface area (Å²) in [5.41, 5.74) is 0.593. The fourth-order valence-electron chi connectivity index (χ4n) is 2.06. The van der Waals surface area contributed by atoms with Crippen molar-refractivity contribution < 1.29 is 19.0 Å².